The van der Waals surface area contributed by atoms with Gasteiger partial charge >= 0.3 is 6.09 Å². The molecular weight excluding hydrogens is 234 g/mol. The largest absolute Gasteiger partial charge is 0.444 e. The molecule has 0 aromatic heterocycles. The van der Waals surface area contributed by atoms with Gasteiger partial charge in [0.25, 0.3) is 0 Å². The highest BCUT2D eigenvalue weighted by molar-refractivity contribution is 5.75. The monoisotopic (exact) mass is 257 g/mol. The van der Waals surface area contributed by atoms with E-state index in [2.05, 4.69) is 10.7 Å². The second-order valence-electron chi connectivity index (χ2n) is 5.83. The van der Waals surface area contributed by atoms with Crippen LogP contribution in [0.5, 0.6) is 0 Å². The molecule has 6 nitrogen and oxygen atoms in total. The third-order valence-electron chi connectivity index (χ3n) is 3.07. The van der Waals surface area contributed by atoms with Crippen LogP contribution in [0.3, 0.4) is 0 Å². The molecule has 18 heavy (non-hydrogen) atoms. The summed E-state index contributed by atoms with van der Waals surface area (Å²) < 4.78 is 5.23. The topological polar surface area (TPSA) is 93.4 Å². The number of hydrogen-bond acceptors (Lipinski definition) is 4. The summed E-state index contributed by atoms with van der Waals surface area (Å²) in [5, 5.41) is 2.88. The Kier molecular flexibility index (Phi) is 4.56. The zero-order valence-corrected chi connectivity index (χ0v) is 11.3. The van der Waals surface area contributed by atoms with Gasteiger partial charge in [0.15, 0.2) is 0 Å². The lowest BCUT2D eigenvalue weighted by Gasteiger charge is -2.42. The number of carbonyl (C=O) groups excluding carboxylic acids is 2. The van der Waals surface area contributed by atoms with Gasteiger partial charge in [-0.3, -0.25) is 10.2 Å². The summed E-state index contributed by atoms with van der Waals surface area (Å²) in [5.74, 6) is 4.82. The van der Waals surface area contributed by atoms with E-state index in [4.69, 9.17) is 10.6 Å². The molecule has 1 saturated carbocycles. The summed E-state index contributed by atoms with van der Waals surface area (Å²) >= 11 is 0. The first kappa shape index (κ1) is 14.8. The second kappa shape index (κ2) is 5.56. The molecule has 2 amide bonds. The molecule has 0 heterocycles. The Labute approximate surface area is 108 Å². The Morgan fingerprint density at radius 2 is 1.94 bits per heavy atom. The first-order valence-electron chi connectivity index (χ1n) is 6.27. The van der Waals surface area contributed by atoms with Gasteiger partial charge in [0.1, 0.15) is 5.60 Å². The molecule has 104 valence electrons. The van der Waals surface area contributed by atoms with E-state index in [1.165, 1.54) is 0 Å². The SMILES string of the molecule is CC(C)(C)OC(=O)NC1(CCC(=O)NN)CCC1. The van der Waals surface area contributed by atoms with E-state index in [0.29, 0.717) is 12.8 Å². The molecule has 0 atom stereocenters. The van der Waals surface area contributed by atoms with Crippen molar-refractivity contribution < 1.29 is 14.3 Å². The van der Waals surface area contributed by atoms with Gasteiger partial charge in [-0.15, -0.1) is 0 Å². The standard InChI is InChI=1S/C12H23N3O3/c1-11(2,3)18-10(17)14-12(6-4-7-12)8-5-9(16)15-13/h4-8,13H2,1-3H3,(H,14,17)(H,15,16). The van der Waals surface area contributed by atoms with Crippen LogP contribution in [0.1, 0.15) is 52.9 Å². The minimum absolute atomic E-state index is 0.215. The van der Waals surface area contributed by atoms with Gasteiger partial charge in [-0.2, -0.15) is 0 Å². The molecule has 1 aliphatic carbocycles. The average molecular weight is 257 g/mol. The number of nitrogens with two attached hydrogens (primary N) is 1. The van der Waals surface area contributed by atoms with Crippen LogP contribution in [0, 0.1) is 0 Å². The van der Waals surface area contributed by atoms with Gasteiger partial charge in [-0.25, -0.2) is 10.6 Å². The highest BCUT2D eigenvalue weighted by Crippen LogP contribution is 2.36. The summed E-state index contributed by atoms with van der Waals surface area (Å²) in [6.45, 7) is 5.46. The van der Waals surface area contributed by atoms with Crippen LogP contribution < -0.4 is 16.6 Å². The number of hydrazine groups is 1. The number of hydrogen-bond donors (Lipinski definition) is 3. The molecule has 4 N–H and O–H groups in total. The highest BCUT2D eigenvalue weighted by atomic mass is 16.6. The van der Waals surface area contributed by atoms with Crippen molar-refractivity contribution in [2.45, 2.75) is 64.0 Å². The van der Waals surface area contributed by atoms with Crippen LogP contribution in [0.2, 0.25) is 0 Å². The van der Waals surface area contributed by atoms with Gasteiger partial charge in [-0.05, 0) is 46.5 Å². The molecule has 0 spiro atoms. The van der Waals surface area contributed by atoms with Crippen LogP contribution in [0.15, 0.2) is 0 Å². The molecule has 0 aromatic carbocycles. The predicted molar refractivity (Wildman–Crippen MR) is 67.5 cm³/mol. The van der Waals surface area contributed by atoms with Crippen LogP contribution in [0.4, 0.5) is 4.79 Å². The molecule has 0 saturated heterocycles. The molecule has 1 rings (SSSR count). The summed E-state index contributed by atoms with van der Waals surface area (Å²) in [6.07, 6.45) is 3.30. The van der Waals surface area contributed by atoms with Gasteiger partial charge < -0.3 is 10.1 Å². The summed E-state index contributed by atoms with van der Waals surface area (Å²) in [7, 11) is 0. The van der Waals surface area contributed by atoms with Crippen molar-refractivity contribution in [3.05, 3.63) is 0 Å². The van der Waals surface area contributed by atoms with Gasteiger partial charge in [0.2, 0.25) is 5.91 Å². The summed E-state index contributed by atoms with van der Waals surface area (Å²) in [4.78, 5) is 22.9. The van der Waals surface area contributed by atoms with E-state index >= 15 is 0 Å². The van der Waals surface area contributed by atoms with Crippen molar-refractivity contribution in [1.82, 2.24) is 10.7 Å². The van der Waals surface area contributed by atoms with Gasteiger partial charge in [-0.1, -0.05) is 0 Å². The van der Waals surface area contributed by atoms with E-state index in [-0.39, 0.29) is 11.4 Å². The molecule has 6 heteroatoms. The number of rotatable bonds is 4. The van der Waals surface area contributed by atoms with Crippen LogP contribution in [-0.2, 0) is 9.53 Å². The molecular formula is C12H23N3O3. The van der Waals surface area contributed by atoms with E-state index in [9.17, 15) is 9.59 Å². The fourth-order valence-electron chi connectivity index (χ4n) is 1.99. The first-order chi connectivity index (χ1) is 8.26. The normalized spacial score (nSPS) is 17.6. The number of nitrogens with one attached hydrogen (secondary N) is 2. The Morgan fingerprint density at radius 1 is 1.33 bits per heavy atom. The summed E-state index contributed by atoms with van der Waals surface area (Å²) in [6, 6.07) is 0. The maximum absolute atomic E-state index is 11.7. The Balaban J connectivity index is 2.45. The minimum Gasteiger partial charge on any atom is -0.444 e. The van der Waals surface area contributed by atoms with E-state index in [1.54, 1.807) is 0 Å². The third kappa shape index (κ3) is 4.52. The van der Waals surface area contributed by atoms with E-state index in [1.807, 2.05) is 20.8 Å². The first-order valence-corrected chi connectivity index (χ1v) is 6.27. The number of amides is 2. The van der Waals surface area contributed by atoms with Crippen LogP contribution in [-0.4, -0.2) is 23.1 Å². The zero-order valence-electron chi connectivity index (χ0n) is 11.3. The Bertz CT molecular complexity index is 319. The smallest absolute Gasteiger partial charge is 0.408 e. The van der Waals surface area contributed by atoms with Crippen LogP contribution in [0.25, 0.3) is 0 Å². The molecule has 0 bridgehead atoms. The highest BCUT2D eigenvalue weighted by Gasteiger charge is 2.39. The van der Waals surface area contributed by atoms with E-state index < -0.39 is 11.7 Å². The Morgan fingerprint density at radius 3 is 2.33 bits per heavy atom. The second-order valence-corrected chi connectivity index (χ2v) is 5.83. The number of carbonyl (C=O) groups is 2. The number of ether oxygens (including phenoxy) is 1. The zero-order chi connectivity index (χ0) is 13.8. The molecule has 0 unspecified atom stereocenters. The molecule has 1 aliphatic rings. The Hall–Kier alpha value is -1.30. The van der Waals surface area contributed by atoms with Crippen molar-refractivity contribution in [3.63, 3.8) is 0 Å². The van der Waals surface area contributed by atoms with Crippen LogP contribution >= 0.6 is 0 Å². The van der Waals surface area contributed by atoms with Crippen molar-refractivity contribution in [2.24, 2.45) is 5.84 Å². The van der Waals surface area contributed by atoms with E-state index in [0.717, 1.165) is 19.3 Å². The van der Waals surface area contributed by atoms with Gasteiger partial charge in [0.05, 0.1) is 0 Å². The van der Waals surface area contributed by atoms with Gasteiger partial charge in [0, 0.05) is 12.0 Å². The minimum atomic E-state index is -0.510. The van der Waals surface area contributed by atoms with Crippen molar-refractivity contribution in [3.8, 4) is 0 Å². The fraction of sp³-hybridized carbons (Fsp3) is 0.833. The van der Waals surface area contributed by atoms with Crippen molar-refractivity contribution in [2.75, 3.05) is 0 Å². The summed E-state index contributed by atoms with van der Waals surface area (Å²) in [5.41, 5.74) is 1.29. The fourth-order valence-corrected chi connectivity index (χ4v) is 1.99. The third-order valence-corrected chi connectivity index (χ3v) is 3.07. The lowest BCUT2D eigenvalue weighted by atomic mass is 9.73. The van der Waals surface area contributed by atoms with Crippen molar-refractivity contribution >= 4 is 12.0 Å². The maximum atomic E-state index is 11.7. The predicted octanol–water partition coefficient (Wildman–Crippen LogP) is 1.20. The van der Waals surface area contributed by atoms with Crippen molar-refractivity contribution in [1.29, 1.82) is 0 Å². The number of alkyl carbamates (subject to hydrolysis) is 1. The molecule has 0 aromatic rings. The molecule has 0 radical (unpaired) electrons. The maximum Gasteiger partial charge on any atom is 0.408 e. The molecule has 1 fully saturated rings. The lowest BCUT2D eigenvalue weighted by molar-refractivity contribution is -0.121. The lowest BCUT2D eigenvalue weighted by Crippen LogP contribution is -2.55. The quantitative estimate of drug-likeness (QED) is 0.401. The average Bonchev–Trinajstić information content (AvgIpc) is 2.18. The molecule has 0 aliphatic heterocycles.